The molecule has 148 valence electrons. The lowest BCUT2D eigenvalue weighted by atomic mass is 10.1. The number of ether oxygens (including phenoxy) is 2. The molecule has 0 heterocycles. The van der Waals surface area contributed by atoms with Gasteiger partial charge in [-0.2, -0.15) is 0 Å². The molecule has 0 aliphatic heterocycles. The van der Waals surface area contributed by atoms with Crippen molar-refractivity contribution in [2.24, 2.45) is 0 Å². The zero-order chi connectivity index (χ0) is 20.5. The second-order valence-corrected chi connectivity index (χ2v) is 7.08. The first-order chi connectivity index (χ1) is 13.5. The lowest BCUT2D eigenvalue weighted by Gasteiger charge is -2.14. The monoisotopic (exact) mass is 495 g/mol. The van der Waals surface area contributed by atoms with Crippen molar-refractivity contribution in [1.82, 2.24) is 5.32 Å². The highest BCUT2D eigenvalue weighted by Gasteiger charge is 2.15. The third kappa shape index (κ3) is 5.98. The van der Waals surface area contributed by atoms with Crippen molar-refractivity contribution in [3.05, 3.63) is 62.9 Å². The summed E-state index contributed by atoms with van der Waals surface area (Å²) in [7, 11) is 1.53. The predicted octanol–water partition coefficient (Wildman–Crippen LogP) is 4.33. The normalized spacial score (nSPS) is 11.0. The molecule has 0 saturated carbocycles. The molecule has 0 saturated heterocycles. The summed E-state index contributed by atoms with van der Waals surface area (Å²) in [6, 6.07) is 11.9. The number of aliphatic carboxylic acids is 1. The Balaban J connectivity index is 2.29. The fourth-order valence-corrected chi connectivity index (χ4v) is 3.16. The van der Waals surface area contributed by atoms with Gasteiger partial charge in [-0.25, -0.2) is 4.79 Å². The molecule has 2 aromatic carbocycles. The standard InChI is InChI=1S/C21H22INO5/c1-3-4-10-28-19-16(22)11-14(13-18(19)27-2)12-17(21(25)26)23-20(24)15-8-6-5-7-9-15/h5-9,11-13H,3-4,10H2,1-2H3,(H,23,24)(H,25,26)/b17-12+. The van der Waals surface area contributed by atoms with Crippen molar-refractivity contribution in [3.8, 4) is 11.5 Å². The third-order valence-corrected chi connectivity index (χ3v) is 4.62. The van der Waals surface area contributed by atoms with Crippen molar-refractivity contribution in [2.75, 3.05) is 13.7 Å². The van der Waals surface area contributed by atoms with E-state index in [1.165, 1.54) is 13.2 Å². The Labute approximate surface area is 177 Å². The number of unbranched alkanes of at least 4 members (excludes halogenated alkanes) is 1. The first kappa shape index (κ1) is 21.7. The molecule has 0 atom stereocenters. The Morgan fingerprint density at radius 1 is 1.21 bits per heavy atom. The number of halogens is 1. The zero-order valence-corrected chi connectivity index (χ0v) is 17.9. The van der Waals surface area contributed by atoms with Crippen LogP contribution < -0.4 is 14.8 Å². The van der Waals surface area contributed by atoms with E-state index >= 15 is 0 Å². The number of carboxylic acids is 1. The van der Waals surface area contributed by atoms with Crippen molar-refractivity contribution in [1.29, 1.82) is 0 Å². The number of rotatable bonds is 9. The van der Waals surface area contributed by atoms with E-state index in [4.69, 9.17) is 9.47 Å². The Morgan fingerprint density at radius 3 is 2.54 bits per heavy atom. The van der Waals surface area contributed by atoms with Gasteiger partial charge in [0.1, 0.15) is 5.70 Å². The highest BCUT2D eigenvalue weighted by molar-refractivity contribution is 14.1. The van der Waals surface area contributed by atoms with Crippen LogP contribution >= 0.6 is 22.6 Å². The highest BCUT2D eigenvalue weighted by Crippen LogP contribution is 2.34. The van der Waals surface area contributed by atoms with E-state index in [1.807, 2.05) is 0 Å². The van der Waals surface area contributed by atoms with Crippen LogP contribution in [-0.4, -0.2) is 30.7 Å². The molecular formula is C21H22INO5. The molecule has 0 aliphatic carbocycles. The summed E-state index contributed by atoms with van der Waals surface area (Å²) >= 11 is 2.12. The van der Waals surface area contributed by atoms with E-state index < -0.39 is 11.9 Å². The Hall–Kier alpha value is -2.55. The molecular weight excluding hydrogens is 473 g/mol. The summed E-state index contributed by atoms with van der Waals surface area (Å²) in [5, 5.41) is 11.9. The van der Waals surface area contributed by atoms with Gasteiger partial charge in [0, 0.05) is 5.56 Å². The summed E-state index contributed by atoms with van der Waals surface area (Å²) < 4.78 is 12.0. The molecule has 2 rings (SSSR count). The van der Waals surface area contributed by atoms with Crippen LogP contribution in [0.15, 0.2) is 48.2 Å². The molecule has 6 nitrogen and oxygen atoms in total. The number of methoxy groups -OCH3 is 1. The van der Waals surface area contributed by atoms with Gasteiger partial charge in [0.05, 0.1) is 17.3 Å². The quantitative estimate of drug-likeness (QED) is 0.307. The fourth-order valence-electron chi connectivity index (χ4n) is 2.38. The van der Waals surface area contributed by atoms with Crippen molar-refractivity contribution < 1.29 is 24.2 Å². The molecule has 0 bridgehead atoms. The topological polar surface area (TPSA) is 84.9 Å². The van der Waals surface area contributed by atoms with Gasteiger partial charge in [-0.3, -0.25) is 4.79 Å². The van der Waals surface area contributed by atoms with Crippen LogP contribution in [0.4, 0.5) is 0 Å². The van der Waals surface area contributed by atoms with Gasteiger partial charge < -0.3 is 19.9 Å². The molecule has 1 amide bonds. The number of nitrogens with one attached hydrogen (secondary N) is 1. The summed E-state index contributed by atoms with van der Waals surface area (Å²) in [5.74, 6) is -0.593. The number of benzene rings is 2. The van der Waals surface area contributed by atoms with Crippen LogP contribution in [0, 0.1) is 3.57 Å². The molecule has 0 unspecified atom stereocenters. The van der Waals surface area contributed by atoms with E-state index in [2.05, 4.69) is 34.8 Å². The van der Waals surface area contributed by atoms with Crippen molar-refractivity contribution >= 4 is 40.5 Å². The SMILES string of the molecule is CCCCOc1c(I)cc(/C=C(/NC(=O)c2ccccc2)C(=O)O)cc1OC. The van der Waals surface area contributed by atoms with Crippen LogP contribution in [0.5, 0.6) is 11.5 Å². The minimum Gasteiger partial charge on any atom is -0.493 e. The van der Waals surface area contributed by atoms with Crippen LogP contribution in [0.1, 0.15) is 35.7 Å². The largest absolute Gasteiger partial charge is 0.493 e. The Bertz CT molecular complexity index is 865. The first-order valence-corrected chi connectivity index (χ1v) is 9.85. The lowest BCUT2D eigenvalue weighted by molar-refractivity contribution is -0.132. The van der Waals surface area contributed by atoms with Gasteiger partial charge in [0.15, 0.2) is 11.5 Å². The summed E-state index contributed by atoms with van der Waals surface area (Å²) in [5.41, 5.74) is 0.725. The van der Waals surface area contributed by atoms with Gasteiger partial charge in [0.25, 0.3) is 5.91 Å². The van der Waals surface area contributed by atoms with Crippen molar-refractivity contribution in [2.45, 2.75) is 19.8 Å². The van der Waals surface area contributed by atoms with Crippen molar-refractivity contribution in [3.63, 3.8) is 0 Å². The lowest BCUT2D eigenvalue weighted by Crippen LogP contribution is -2.27. The first-order valence-electron chi connectivity index (χ1n) is 8.78. The van der Waals surface area contributed by atoms with Gasteiger partial charge in [-0.1, -0.05) is 31.5 Å². The number of hydrogen-bond acceptors (Lipinski definition) is 4. The average Bonchev–Trinajstić information content (AvgIpc) is 2.69. The van der Waals surface area contributed by atoms with E-state index in [0.29, 0.717) is 29.2 Å². The second kappa shape index (κ2) is 10.7. The molecule has 0 radical (unpaired) electrons. The van der Waals surface area contributed by atoms with Crippen LogP contribution in [-0.2, 0) is 4.79 Å². The number of hydrogen-bond donors (Lipinski definition) is 2. The van der Waals surface area contributed by atoms with Gasteiger partial charge >= 0.3 is 5.97 Å². The molecule has 0 fully saturated rings. The van der Waals surface area contributed by atoms with E-state index in [1.54, 1.807) is 42.5 Å². The second-order valence-electron chi connectivity index (χ2n) is 5.92. The molecule has 28 heavy (non-hydrogen) atoms. The molecule has 7 heteroatoms. The average molecular weight is 495 g/mol. The predicted molar refractivity (Wildman–Crippen MR) is 116 cm³/mol. The maximum Gasteiger partial charge on any atom is 0.352 e. The Morgan fingerprint density at radius 2 is 1.93 bits per heavy atom. The maximum atomic E-state index is 12.3. The highest BCUT2D eigenvalue weighted by atomic mass is 127. The minimum atomic E-state index is -1.23. The van der Waals surface area contributed by atoms with Crippen LogP contribution in [0.2, 0.25) is 0 Å². The van der Waals surface area contributed by atoms with Gasteiger partial charge in [-0.15, -0.1) is 0 Å². The fraction of sp³-hybridized carbons (Fsp3) is 0.238. The number of carboxylic acid groups (broad SMARTS) is 1. The van der Waals surface area contributed by atoms with Gasteiger partial charge in [0.2, 0.25) is 0 Å². The molecule has 0 aliphatic rings. The Kier molecular flexibility index (Phi) is 8.31. The molecule has 2 N–H and O–H groups in total. The smallest absolute Gasteiger partial charge is 0.352 e. The zero-order valence-electron chi connectivity index (χ0n) is 15.7. The molecule has 0 aromatic heterocycles. The van der Waals surface area contributed by atoms with E-state index in [-0.39, 0.29) is 5.70 Å². The van der Waals surface area contributed by atoms with Crippen LogP contribution in [0.3, 0.4) is 0 Å². The van der Waals surface area contributed by atoms with Crippen LogP contribution in [0.25, 0.3) is 6.08 Å². The number of amides is 1. The van der Waals surface area contributed by atoms with Gasteiger partial charge in [-0.05, 0) is 64.9 Å². The molecule has 0 spiro atoms. The minimum absolute atomic E-state index is 0.230. The number of carbonyl (C=O) groups excluding carboxylic acids is 1. The summed E-state index contributed by atoms with van der Waals surface area (Å²) in [4.78, 5) is 23.9. The third-order valence-electron chi connectivity index (χ3n) is 3.82. The maximum absolute atomic E-state index is 12.3. The number of carbonyl (C=O) groups is 2. The van der Waals surface area contributed by atoms with E-state index in [9.17, 15) is 14.7 Å². The summed E-state index contributed by atoms with van der Waals surface area (Å²) in [6.07, 6.45) is 3.34. The summed E-state index contributed by atoms with van der Waals surface area (Å²) in [6.45, 7) is 2.65. The van der Waals surface area contributed by atoms with E-state index in [0.717, 1.165) is 16.4 Å². The molecule has 2 aromatic rings.